The summed E-state index contributed by atoms with van der Waals surface area (Å²) in [6.07, 6.45) is 9.45. The lowest BCUT2D eigenvalue weighted by Crippen LogP contribution is -2.33. The van der Waals surface area contributed by atoms with Gasteiger partial charge in [0.15, 0.2) is 0 Å². The maximum Gasteiger partial charge on any atom is 0.0525 e. The van der Waals surface area contributed by atoms with Crippen LogP contribution in [0.3, 0.4) is 0 Å². The molecule has 0 unspecified atom stereocenters. The highest BCUT2D eigenvalue weighted by Gasteiger charge is 2.19. The van der Waals surface area contributed by atoms with E-state index >= 15 is 0 Å². The van der Waals surface area contributed by atoms with Crippen molar-refractivity contribution in [3.8, 4) is 12.3 Å². The van der Waals surface area contributed by atoms with Crippen LogP contribution in [0.1, 0.15) is 31.7 Å². The zero-order valence-electron chi connectivity index (χ0n) is 9.95. The number of nitrogens with zero attached hydrogens (tertiary/aromatic N) is 1. The molecular formula is C15H19N. The molecule has 1 aromatic rings. The van der Waals surface area contributed by atoms with Gasteiger partial charge in [0.2, 0.25) is 0 Å². The molecule has 1 saturated heterocycles. The number of benzene rings is 1. The first-order valence-electron chi connectivity index (χ1n) is 6.15. The van der Waals surface area contributed by atoms with E-state index in [1.807, 2.05) is 12.1 Å². The Morgan fingerprint density at radius 2 is 2.00 bits per heavy atom. The van der Waals surface area contributed by atoms with Crippen molar-refractivity contribution in [1.29, 1.82) is 0 Å². The van der Waals surface area contributed by atoms with E-state index in [1.165, 1.54) is 24.9 Å². The highest BCUT2D eigenvalue weighted by Crippen LogP contribution is 2.26. The van der Waals surface area contributed by atoms with Crippen LogP contribution in [0.5, 0.6) is 0 Å². The molecule has 0 amide bonds. The summed E-state index contributed by atoms with van der Waals surface area (Å²) in [6, 6.07) is 8.25. The lowest BCUT2D eigenvalue weighted by molar-refractivity contribution is 0.395. The molecule has 1 aromatic carbocycles. The van der Waals surface area contributed by atoms with Crippen molar-refractivity contribution in [3.05, 3.63) is 29.8 Å². The van der Waals surface area contributed by atoms with Crippen LogP contribution < -0.4 is 4.90 Å². The molecule has 1 aliphatic rings. The molecule has 1 fully saturated rings. The van der Waals surface area contributed by atoms with Gasteiger partial charge < -0.3 is 4.90 Å². The summed E-state index contributed by atoms with van der Waals surface area (Å²) in [5.74, 6) is 3.69. The molecule has 0 spiro atoms. The van der Waals surface area contributed by atoms with Crippen LogP contribution in [-0.2, 0) is 0 Å². The lowest BCUT2D eigenvalue weighted by atomic mass is 9.94. The van der Waals surface area contributed by atoms with Gasteiger partial charge in [-0.05, 0) is 30.9 Å². The summed E-state index contributed by atoms with van der Waals surface area (Å²) < 4.78 is 0. The molecular weight excluding hydrogens is 194 g/mol. The van der Waals surface area contributed by atoms with E-state index < -0.39 is 0 Å². The summed E-state index contributed by atoms with van der Waals surface area (Å²) in [7, 11) is 0. The topological polar surface area (TPSA) is 3.24 Å². The smallest absolute Gasteiger partial charge is 0.0525 e. The van der Waals surface area contributed by atoms with Crippen molar-refractivity contribution in [2.24, 2.45) is 5.92 Å². The van der Waals surface area contributed by atoms with Crippen LogP contribution in [0, 0.1) is 18.3 Å². The summed E-state index contributed by atoms with van der Waals surface area (Å²) >= 11 is 0. The minimum Gasteiger partial charge on any atom is -0.371 e. The minimum absolute atomic E-state index is 0.911. The molecule has 0 aliphatic carbocycles. The second-order valence-corrected chi connectivity index (χ2v) is 4.50. The molecule has 0 saturated carbocycles. The third kappa shape index (κ3) is 2.22. The van der Waals surface area contributed by atoms with Gasteiger partial charge in [-0.2, -0.15) is 0 Å². The monoisotopic (exact) mass is 213 g/mol. The van der Waals surface area contributed by atoms with Gasteiger partial charge in [0.25, 0.3) is 0 Å². The van der Waals surface area contributed by atoms with Gasteiger partial charge in [-0.1, -0.05) is 31.4 Å². The van der Waals surface area contributed by atoms with E-state index in [0.29, 0.717) is 0 Å². The van der Waals surface area contributed by atoms with E-state index in [1.54, 1.807) is 0 Å². The van der Waals surface area contributed by atoms with E-state index in [9.17, 15) is 0 Å². The SMILES string of the molecule is C#Cc1ccccc1N1CCC(CC)CC1. The molecule has 0 bridgehead atoms. The van der Waals surface area contributed by atoms with E-state index in [0.717, 1.165) is 24.6 Å². The number of hydrogen-bond acceptors (Lipinski definition) is 1. The Balaban J connectivity index is 2.11. The van der Waals surface area contributed by atoms with Gasteiger partial charge in [0, 0.05) is 18.7 Å². The quantitative estimate of drug-likeness (QED) is 0.681. The predicted octanol–water partition coefficient (Wildman–Crippen LogP) is 3.29. The number of anilines is 1. The summed E-state index contributed by atoms with van der Waals surface area (Å²) in [5, 5.41) is 0. The normalized spacial score (nSPS) is 17.1. The van der Waals surface area contributed by atoms with Crippen molar-refractivity contribution in [2.75, 3.05) is 18.0 Å². The van der Waals surface area contributed by atoms with E-state index in [4.69, 9.17) is 6.42 Å². The first kappa shape index (κ1) is 11.1. The summed E-state index contributed by atoms with van der Waals surface area (Å²) in [6.45, 7) is 4.59. The molecule has 84 valence electrons. The summed E-state index contributed by atoms with van der Waals surface area (Å²) in [4.78, 5) is 2.43. The Kier molecular flexibility index (Phi) is 3.51. The van der Waals surface area contributed by atoms with E-state index in [2.05, 4.69) is 29.9 Å². The lowest BCUT2D eigenvalue weighted by Gasteiger charge is -2.33. The average molecular weight is 213 g/mol. The molecule has 0 radical (unpaired) electrons. The second kappa shape index (κ2) is 5.07. The van der Waals surface area contributed by atoms with Gasteiger partial charge in [-0.3, -0.25) is 0 Å². The molecule has 2 rings (SSSR count). The molecule has 0 aromatic heterocycles. The Morgan fingerprint density at radius 1 is 1.31 bits per heavy atom. The first-order valence-corrected chi connectivity index (χ1v) is 6.15. The third-order valence-corrected chi connectivity index (χ3v) is 3.59. The standard InChI is InChI=1S/C15H19N/c1-3-13-9-11-16(12-10-13)15-8-6-5-7-14(15)4-2/h2,5-8,13H,3,9-12H2,1H3. The summed E-state index contributed by atoms with van der Waals surface area (Å²) in [5.41, 5.74) is 2.26. The van der Waals surface area contributed by atoms with Crippen LogP contribution in [0.2, 0.25) is 0 Å². The second-order valence-electron chi connectivity index (χ2n) is 4.50. The van der Waals surface area contributed by atoms with Crippen molar-refractivity contribution in [2.45, 2.75) is 26.2 Å². The van der Waals surface area contributed by atoms with Crippen LogP contribution in [0.25, 0.3) is 0 Å². The van der Waals surface area contributed by atoms with Gasteiger partial charge in [-0.15, -0.1) is 6.42 Å². The van der Waals surface area contributed by atoms with Crippen molar-refractivity contribution in [3.63, 3.8) is 0 Å². The molecule has 0 N–H and O–H groups in total. The number of terminal acetylenes is 1. The van der Waals surface area contributed by atoms with Crippen molar-refractivity contribution >= 4 is 5.69 Å². The van der Waals surface area contributed by atoms with Crippen molar-refractivity contribution in [1.82, 2.24) is 0 Å². The fourth-order valence-electron chi connectivity index (χ4n) is 2.45. The average Bonchev–Trinajstić information content (AvgIpc) is 2.39. The van der Waals surface area contributed by atoms with Crippen LogP contribution in [0.15, 0.2) is 24.3 Å². The van der Waals surface area contributed by atoms with Gasteiger partial charge >= 0.3 is 0 Å². The fourth-order valence-corrected chi connectivity index (χ4v) is 2.45. The molecule has 1 nitrogen and oxygen atoms in total. The minimum atomic E-state index is 0.911. The van der Waals surface area contributed by atoms with Gasteiger partial charge in [0.05, 0.1) is 5.69 Å². The van der Waals surface area contributed by atoms with E-state index in [-0.39, 0.29) is 0 Å². The first-order chi connectivity index (χ1) is 7.85. The Morgan fingerprint density at radius 3 is 2.62 bits per heavy atom. The maximum atomic E-state index is 5.53. The van der Waals surface area contributed by atoms with Gasteiger partial charge in [0.1, 0.15) is 0 Å². The largest absolute Gasteiger partial charge is 0.371 e. The molecule has 1 aliphatic heterocycles. The van der Waals surface area contributed by atoms with Crippen LogP contribution >= 0.6 is 0 Å². The molecule has 1 heteroatoms. The third-order valence-electron chi connectivity index (χ3n) is 3.59. The Hall–Kier alpha value is -1.42. The van der Waals surface area contributed by atoms with Gasteiger partial charge in [-0.25, -0.2) is 0 Å². The molecule has 16 heavy (non-hydrogen) atoms. The number of hydrogen-bond donors (Lipinski definition) is 0. The van der Waals surface area contributed by atoms with Crippen LogP contribution in [-0.4, -0.2) is 13.1 Å². The maximum absolute atomic E-state index is 5.53. The molecule has 0 atom stereocenters. The zero-order valence-corrected chi connectivity index (χ0v) is 9.95. The Labute approximate surface area is 98.5 Å². The number of piperidine rings is 1. The van der Waals surface area contributed by atoms with Crippen molar-refractivity contribution < 1.29 is 0 Å². The number of para-hydroxylation sites is 1. The number of rotatable bonds is 2. The molecule has 1 heterocycles. The highest BCUT2D eigenvalue weighted by molar-refractivity contribution is 5.60. The van der Waals surface area contributed by atoms with Crippen LogP contribution in [0.4, 0.5) is 5.69 Å². The Bertz CT molecular complexity index is 381. The zero-order chi connectivity index (χ0) is 11.4. The fraction of sp³-hybridized carbons (Fsp3) is 0.467. The predicted molar refractivity (Wildman–Crippen MR) is 69.6 cm³/mol. The highest BCUT2D eigenvalue weighted by atomic mass is 15.1.